The number of halogens is 1. The summed E-state index contributed by atoms with van der Waals surface area (Å²) >= 11 is 3.57. The van der Waals surface area contributed by atoms with Crippen LogP contribution in [0.5, 0.6) is 0 Å². The fourth-order valence-corrected chi connectivity index (χ4v) is 2.32. The fourth-order valence-electron chi connectivity index (χ4n) is 1.87. The maximum Gasteiger partial charge on any atom is 0.121 e. The Balaban J connectivity index is 2.18. The Bertz CT molecular complexity index is 492. The summed E-state index contributed by atoms with van der Waals surface area (Å²) in [6.45, 7) is 1.97. The lowest BCUT2D eigenvalue weighted by atomic mass is 10.0. The van der Waals surface area contributed by atoms with Gasteiger partial charge in [-0.1, -0.05) is 34.1 Å². The second kappa shape index (κ2) is 5.52. The molecule has 3 heteroatoms. The molecule has 90 valence electrons. The van der Waals surface area contributed by atoms with E-state index in [1.54, 1.807) is 0 Å². The smallest absolute Gasteiger partial charge is 0.121 e. The molecular formula is C14H16BrNO. The lowest BCUT2D eigenvalue weighted by molar-refractivity contribution is 0.414. The molecule has 0 aliphatic rings. The zero-order valence-electron chi connectivity index (χ0n) is 10.0. The first-order valence-corrected chi connectivity index (χ1v) is 6.47. The zero-order valence-corrected chi connectivity index (χ0v) is 11.6. The zero-order chi connectivity index (χ0) is 12.3. The van der Waals surface area contributed by atoms with Crippen LogP contribution in [0, 0.1) is 6.92 Å². The van der Waals surface area contributed by atoms with E-state index < -0.39 is 0 Å². The van der Waals surface area contributed by atoms with Gasteiger partial charge >= 0.3 is 0 Å². The van der Waals surface area contributed by atoms with Gasteiger partial charge in [0.1, 0.15) is 11.5 Å². The van der Waals surface area contributed by atoms with Crippen LogP contribution < -0.4 is 5.32 Å². The molecule has 0 radical (unpaired) electrons. The Kier molecular flexibility index (Phi) is 4.02. The van der Waals surface area contributed by atoms with Crippen molar-refractivity contribution in [3.8, 4) is 0 Å². The van der Waals surface area contributed by atoms with E-state index in [1.807, 2.05) is 32.2 Å². The number of furan rings is 1. The van der Waals surface area contributed by atoms with Crippen LogP contribution in [0.25, 0.3) is 0 Å². The number of nitrogens with one attached hydrogen (secondary N) is 1. The van der Waals surface area contributed by atoms with Gasteiger partial charge in [0.2, 0.25) is 0 Å². The van der Waals surface area contributed by atoms with Crippen LogP contribution >= 0.6 is 15.9 Å². The van der Waals surface area contributed by atoms with E-state index in [1.165, 1.54) is 5.56 Å². The van der Waals surface area contributed by atoms with Gasteiger partial charge in [-0.25, -0.2) is 0 Å². The number of hydrogen-bond acceptors (Lipinski definition) is 2. The summed E-state index contributed by atoms with van der Waals surface area (Å²) in [5.74, 6) is 1.94. The molecule has 0 saturated heterocycles. The van der Waals surface area contributed by atoms with Crippen LogP contribution in [0.15, 0.2) is 45.3 Å². The molecular weight excluding hydrogens is 278 g/mol. The van der Waals surface area contributed by atoms with Gasteiger partial charge in [-0.3, -0.25) is 0 Å². The highest BCUT2D eigenvalue weighted by atomic mass is 79.9. The first-order valence-electron chi connectivity index (χ1n) is 5.67. The molecule has 1 aromatic carbocycles. The van der Waals surface area contributed by atoms with Gasteiger partial charge in [-0.05, 0) is 44.2 Å². The largest absolute Gasteiger partial charge is 0.465 e. The molecule has 0 saturated carbocycles. The van der Waals surface area contributed by atoms with E-state index in [0.717, 1.165) is 22.4 Å². The Hall–Kier alpha value is -1.06. The van der Waals surface area contributed by atoms with Crippen molar-refractivity contribution in [2.75, 3.05) is 7.05 Å². The fraction of sp³-hybridized carbons (Fsp3) is 0.286. The normalized spacial score (nSPS) is 12.6. The van der Waals surface area contributed by atoms with Crippen LogP contribution in [0.2, 0.25) is 0 Å². The number of likely N-dealkylation sites (N-methyl/N-ethyl adjacent to an activating group) is 1. The summed E-state index contributed by atoms with van der Waals surface area (Å²) in [7, 11) is 1.96. The molecule has 1 heterocycles. The molecule has 2 rings (SSSR count). The average molecular weight is 294 g/mol. The minimum atomic E-state index is 0.211. The summed E-state index contributed by atoms with van der Waals surface area (Å²) < 4.78 is 6.81. The Labute approximate surface area is 110 Å². The van der Waals surface area contributed by atoms with Gasteiger partial charge in [0.25, 0.3) is 0 Å². The summed E-state index contributed by atoms with van der Waals surface area (Å²) in [4.78, 5) is 0. The number of rotatable bonds is 4. The van der Waals surface area contributed by atoms with Crippen molar-refractivity contribution in [3.05, 3.63) is 58.0 Å². The van der Waals surface area contributed by atoms with E-state index in [-0.39, 0.29) is 6.04 Å². The molecule has 0 amide bonds. The second-order valence-electron chi connectivity index (χ2n) is 4.09. The van der Waals surface area contributed by atoms with Crippen LogP contribution in [-0.4, -0.2) is 7.05 Å². The quantitative estimate of drug-likeness (QED) is 0.926. The molecule has 0 fully saturated rings. The van der Waals surface area contributed by atoms with Crippen molar-refractivity contribution in [3.63, 3.8) is 0 Å². The molecule has 0 spiro atoms. The van der Waals surface area contributed by atoms with E-state index in [4.69, 9.17) is 4.42 Å². The van der Waals surface area contributed by atoms with Crippen LogP contribution in [0.3, 0.4) is 0 Å². The molecule has 1 unspecified atom stereocenters. The lowest BCUT2D eigenvalue weighted by Gasteiger charge is -2.14. The lowest BCUT2D eigenvalue weighted by Crippen LogP contribution is -2.18. The molecule has 2 nitrogen and oxygen atoms in total. The van der Waals surface area contributed by atoms with Gasteiger partial charge in [-0.2, -0.15) is 0 Å². The van der Waals surface area contributed by atoms with Crippen LogP contribution in [0.4, 0.5) is 0 Å². The highest BCUT2D eigenvalue weighted by Crippen LogP contribution is 2.24. The van der Waals surface area contributed by atoms with Crippen molar-refractivity contribution in [2.24, 2.45) is 0 Å². The van der Waals surface area contributed by atoms with Crippen molar-refractivity contribution >= 4 is 15.9 Å². The summed E-state index contributed by atoms with van der Waals surface area (Å²) in [5, 5.41) is 3.29. The maximum atomic E-state index is 5.67. The molecule has 1 N–H and O–H groups in total. The maximum absolute atomic E-state index is 5.67. The predicted molar refractivity (Wildman–Crippen MR) is 73.1 cm³/mol. The number of hydrogen-bond donors (Lipinski definition) is 1. The Morgan fingerprint density at radius 3 is 2.59 bits per heavy atom. The van der Waals surface area contributed by atoms with Crippen molar-refractivity contribution in [1.82, 2.24) is 5.32 Å². The number of aryl methyl sites for hydroxylation is 1. The van der Waals surface area contributed by atoms with Gasteiger partial charge in [0, 0.05) is 4.47 Å². The van der Waals surface area contributed by atoms with Gasteiger partial charge in [-0.15, -0.1) is 0 Å². The molecule has 2 aromatic rings. The molecule has 1 aromatic heterocycles. The van der Waals surface area contributed by atoms with E-state index in [2.05, 4.69) is 39.4 Å². The third-order valence-corrected chi connectivity index (χ3v) is 3.61. The standard InChI is InChI=1S/C14H16BrNO/c1-10-7-8-14(17-10)13(16-2)9-11-5-3-4-6-12(11)15/h3-8,13,16H,9H2,1-2H3. The highest BCUT2D eigenvalue weighted by Gasteiger charge is 2.14. The molecule has 0 aliphatic heterocycles. The minimum Gasteiger partial charge on any atom is -0.465 e. The summed E-state index contributed by atoms with van der Waals surface area (Å²) in [5.41, 5.74) is 1.28. The molecule has 0 bridgehead atoms. The van der Waals surface area contributed by atoms with Crippen molar-refractivity contribution < 1.29 is 4.42 Å². The Morgan fingerprint density at radius 2 is 2.00 bits per heavy atom. The van der Waals surface area contributed by atoms with Crippen LogP contribution in [0.1, 0.15) is 23.1 Å². The molecule has 1 atom stereocenters. The van der Waals surface area contributed by atoms with Crippen molar-refractivity contribution in [1.29, 1.82) is 0 Å². The summed E-state index contributed by atoms with van der Waals surface area (Å²) in [6.07, 6.45) is 0.908. The third kappa shape index (κ3) is 2.99. The van der Waals surface area contributed by atoms with Gasteiger partial charge in [0.15, 0.2) is 0 Å². The third-order valence-electron chi connectivity index (χ3n) is 2.83. The van der Waals surface area contributed by atoms with Gasteiger partial charge < -0.3 is 9.73 Å². The SMILES string of the molecule is CNC(Cc1ccccc1Br)c1ccc(C)o1. The topological polar surface area (TPSA) is 25.2 Å². The second-order valence-corrected chi connectivity index (χ2v) is 4.94. The van der Waals surface area contributed by atoms with Gasteiger partial charge in [0.05, 0.1) is 6.04 Å². The van der Waals surface area contributed by atoms with E-state index in [9.17, 15) is 0 Å². The highest BCUT2D eigenvalue weighted by molar-refractivity contribution is 9.10. The monoisotopic (exact) mass is 293 g/mol. The molecule has 17 heavy (non-hydrogen) atoms. The van der Waals surface area contributed by atoms with E-state index >= 15 is 0 Å². The predicted octanol–water partition coefficient (Wildman–Crippen LogP) is 3.85. The van der Waals surface area contributed by atoms with Crippen molar-refractivity contribution in [2.45, 2.75) is 19.4 Å². The summed E-state index contributed by atoms with van der Waals surface area (Å²) in [6, 6.07) is 12.5. The number of benzene rings is 1. The Morgan fingerprint density at radius 1 is 1.24 bits per heavy atom. The van der Waals surface area contributed by atoms with Crippen LogP contribution in [-0.2, 0) is 6.42 Å². The average Bonchev–Trinajstić information content (AvgIpc) is 2.75. The van der Waals surface area contributed by atoms with E-state index in [0.29, 0.717) is 0 Å². The molecule has 0 aliphatic carbocycles. The minimum absolute atomic E-state index is 0.211. The first kappa shape index (κ1) is 12.4. The first-order chi connectivity index (χ1) is 8.20.